The van der Waals surface area contributed by atoms with E-state index in [0.717, 1.165) is 12.8 Å². The lowest BCUT2D eigenvalue weighted by atomic mass is 10.3. The van der Waals surface area contributed by atoms with Gasteiger partial charge in [-0.05, 0) is 18.9 Å². The van der Waals surface area contributed by atoms with Crippen LogP contribution in [0.3, 0.4) is 0 Å². The molecule has 76 valence electrons. The van der Waals surface area contributed by atoms with Crippen molar-refractivity contribution in [3.63, 3.8) is 0 Å². The van der Waals surface area contributed by atoms with Gasteiger partial charge in [-0.3, -0.25) is 14.7 Å². The molecule has 1 aromatic rings. The second-order valence-corrected chi connectivity index (χ2v) is 3.43. The number of amides is 1. The summed E-state index contributed by atoms with van der Waals surface area (Å²) in [4.78, 5) is 16.6. The van der Waals surface area contributed by atoms with Gasteiger partial charge in [0, 0.05) is 6.20 Å². The predicted octanol–water partition coefficient (Wildman–Crippen LogP) is 1.01. The van der Waals surface area contributed by atoms with Gasteiger partial charge in [-0.15, -0.1) is 0 Å². The molecule has 1 heterocycles. The Morgan fingerprint density at radius 3 is 3.00 bits per heavy atom. The molecule has 0 aromatic carbocycles. The van der Waals surface area contributed by atoms with Gasteiger partial charge in [0.15, 0.2) is 0 Å². The predicted molar refractivity (Wildman–Crippen MR) is 49.4 cm³/mol. The Bertz CT molecular complexity index is 291. The van der Waals surface area contributed by atoms with Gasteiger partial charge in [0.25, 0.3) is 5.91 Å². The van der Waals surface area contributed by atoms with Crippen LogP contribution in [0.15, 0.2) is 12.3 Å². The molecule has 0 bridgehead atoms. The number of nitrogens with one attached hydrogen (secondary N) is 2. The number of hydroxylamine groups is 1. The fourth-order valence-electron chi connectivity index (χ4n) is 1.58. The van der Waals surface area contributed by atoms with Crippen LogP contribution in [0.25, 0.3) is 0 Å². The Morgan fingerprint density at radius 1 is 1.57 bits per heavy atom. The standard InChI is InChI=1S/C9H13N3O2/c13-9(8-5-6-10-11-8)12-14-7-3-1-2-4-7/h5-7H,1-4H2,(H,10,11)(H,12,13). The van der Waals surface area contributed by atoms with Crippen molar-refractivity contribution in [3.05, 3.63) is 18.0 Å². The molecule has 0 spiro atoms. The average Bonchev–Trinajstić information content (AvgIpc) is 2.87. The van der Waals surface area contributed by atoms with E-state index in [0.29, 0.717) is 5.69 Å². The summed E-state index contributed by atoms with van der Waals surface area (Å²) in [6.45, 7) is 0. The zero-order valence-corrected chi connectivity index (χ0v) is 7.82. The Balaban J connectivity index is 1.78. The number of rotatable bonds is 3. The summed E-state index contributed by atoms with van der Waals surface area (Å²) in [5.41, 5.74) is 2.84. The van der Waals surface area contributed by atoms with Crippen LogP contribution in [0, 0.1) is 0 Å². The van der Waals surface area contributed by atoms with Crippen LogP contribution in [-0.2, 0) is 4.84 Å². The van der Waals surface area contributed by atoms with Gasteiger partial charge in [0.1, 0.15) is 5.69 Å². The second-order valence-electron chi connectivity index (χ2n) is 3.43. The minimum absolute atomic E-state index is 0.182. The average molecular weight is 195 g/mol. The smallest absolute Gasteiger partial charge is 0.273 e. The summed E-state index contributed by atoms with van der Waals surface area (Å²) in [6.07, 6.45) is 6.15. The number of carbonyl (C=O) groups is 1. The molecular formula is C9H13N3O2. The van der Waals surface area contributed by atoms with Crippen molar-refractivity contribution in [2.75, 3.05) is 0 Å². The molecule has 0 saturated heterocycles. The topological polar surface area (TPSA) is 67.0 Å². The Labute approximate surface area is 81.8 Å². The number of hydrogen-bond acceptors (Lipinski definition) is 3. The lowest BCUT2D eigenvalue weighted by Gasteiger charge is -2.10. The molecule has 1 amide bonds. The molecule has 1 fully saturated rings. The molecule has 0 atom stereocenters. The van der Waals surface area contributed by atoms with Gasteiger partial charge in [0.2, 0.25) is 0 Å². The molecule has 1 aromatic heterocycles. The zero-order chi connectivity index (χ0) is 9.80. The van der Waals surface area contributed by atoms with E-state index in [1.807, 2.05) is 0 Å². The molecule has 0 radical (unpaired) electrons. The molecule has 2 N–H and O–H groups in total. The van der Waals surface area contributed by atoms with Crippen LogP contribution in [-0.4, -0.2) is 22.2 Å². The van der Waals surface area contributed by atoms with Crippen molar-refractivity contribution in [2.24, 2.45) is 0 Å². The summed E-state index contributed by atoms with van der Waals surface area (Å²) in [6, 6.07) is 1.60. The monoisotopic (exact) mass is 195 g/mol. The van der Waals surface area contributed by atoms with Crippen LogP contribution in [0.4, 0.5) is 0 Å². The first-order valence-corrected chi connectivity index (χ1v) is 4.81. The van der Waals surface area contributed by atoms with Crippen molar-refractivity contribution in [2.45, 2.75) is 31.8 Å². The van der Waals surface area contributed by atoms with E-state index in [1.54, 1.807) is 6.07 Å². The third-order valence-corrected chi connectivity index (χ3v) is 2.37. The minimum atomic E-state index is -0.269. The van der Waals surface area contributed by atoms with E-state index in [9.17, 15) is 4.79 Å². The molecule has 14 heavy (non-hydrogen) atoms. The summed E-state index contributed by atoms with van der Waals surface area (Å²) in [7, 11) is 0. The maximum absolute atomic E-state index is 11.4. The highest BCUT2D eigenvalue weighted by Gasteiger charge is 2.17. The Morgan fingerprint density at radius 2 is 2.36 bits per heavy atom. The summed E-state index contributed by atoms with van der Waals surface area (Å²) >= 11 is 0. The van der Waals surface area contributed by atoms with E-state index in [4.69, 9.17) is 4.84 Å². The minimum Gasteiger partial charge on any atom is -0.273 e. The number of aromatic amines is 1. The Hall–Kier alpha value is -1.36. The SMILES string of the molecule is O=C(NOC1CCCC1)c1ccn[nH]1. The lowest BCUT2D eigenvalue weighted by Crippen LogP contribution is -2.28. The van der Waals surface area contributed by atoms with Gasteiger partial charge in [-0.25, -0.2) is 5.48 Å². The highest BCUT2D eigenvalue weighted by atomic mass is 16.7. The molecule has 2 rings (SSSR count). The van der Waals surface area contributed by atoms with Gasteiger partial charge in [-0.1, -0.05) is 12.8 Å². The van der Waals surface area contributed by atoms with E-state index >= 15 is 0 Å². The molecule has 1 saturated carbocycles. The number of hydrogen-bond donors (Lipinski definition) is 2. The first-order valence-electron chi connectivity index (χ1n) is 4.81. The zero-order valence-electron chi connectivity index (χ0n) is 7.82. The van der Waals surface area contributed by atoms with Crippen LogP contribution in [0.2, 0.25) is 0 Å². The van der Waals surface area contributed by atoms with Crippen LogP contribution in [0.5, 0.6) is 0 Å². The van der Waals surface area contributed by atoms with E-state index in [-0.39, 0.29) is 12.0 Å². The third-order valence-electron chi connectivity index (χ3n) is 2.37. The first kappa shape index (κ1) is 9.21. The number of aromatic nitrogens is 2. The van der Waals surface area contributed by atoms with Crippen LogP contribution < -0.4 is 5.48 Å². The molecule has 5 nitrogen and oxygen atoms in total. The maximum atomic E-state index is 11.4. The van der Waals surface area contributed by atoms with Crippen molar-refractivity contribution in [1.82, 2.24) is 15.7 Å². The Kier molecular flexibility index (Phi) is 2.78. The number of H-pyrrole nitrogens is 1. The summed E-state index contributed by atoms with van der Waals surface area (Å²) in [5.74, 6) is -0.269. The first-order chi connectivity index (χ1) is 6.86. The fourth-order valence-corrected chi connectivity index (χ4v) is 1.58. The van der Waals surface area contributed by atoms with Crippen molar-refractivity contribution in [3.8, 4) is 0 Å². The van der Waals surface area contributed by atoms with Crippen LogP contribution in [0.1, 0.15) is 36.2 Å². The molecule has 1 aliphatic rings. The van der Waals surface area contributed by atoms with E-state index in [1.165, 1.54) is 19.0 Å². The maximum Gasteiger partial charge on any atom is 0.292 e. The van der Waals surface area contributed by atoms with E-state index in [2.05, 4.69) is 15.7 Å². The fraction of sp³-hybridized carbons (Fsp3) is 0.556. The summed E-state index contributed by atoms with van der Waals surface area (Å²) < 4.78 is 0. The highest BCUT2D eigenvalue weighted by molar-refractivity contribution is 5.91. The normalized spacial score (nSPS) is 17.1. The van der Waals surface area contributed by atoms with Crippen molar-refractivity contribution < 1.29 is 9.63 Å². The lowest BCUT2D eigenvalue weighted by molar-refractivity contribution is -0.0127. The van der Waals surface area contributed by atoms with Crippen molar-refractivity contribution in [1.29, 1.82) is 0 Å². The largest absolute Gasteiger partial charge is 0.292 e. The quantitative estimate of drug-likeness (QED) is 0.707. The molecule has 1 aliphatic carbocycles. The van der Waals surface area contributed by atoms with Crippen LogP contribution >= 0.6 is 0 Å². The third kappa shape index (κ3) is 2.11. The molecule has 0 unspecified atom stereocenters. The number of carbonyl (C=O) groups excluding carboxylic acids is 1. The van der Waals surface area contributed by atoms with Gasteiger partial charge in [-0.2, -0.15) is 5.10 Å². The number of nitrogens with zero attached hydrogens (tertiary/aromatic N) is 1. The second kappa shape index (κ2) is 4.23. The molecule has 5 heteroatoms. The van der Waals surface area contributed by atoms with Crippen molar-refractivity contribution >= 4 is 5.91 Å². The highest BCUT2D eigenvalue weighted by Crippen LogP contribution is 2.19. The van der Waals surface area contributed by atoms with Gasteiger partial charge in [0.05, 0.1) is 6.10 Å². The van der Waals surface area contributed by atoms with Gasteiger partial charge >= 0.3 is 0 Å². The van der Waals surface area contributed by atoms with E-state index < -0.39 is 0 Å². The molecular weight excluding hydrogens is 182 g/mol. The van der Waals surface area contributed by atoms with Gasteiger partial charge < -0.3 is 0 Å². The molecule has 0 aliphatic heterocycles. The summed E-state index contributed by atoms with van der Waals surface area (Å²) in [5, 5.41) is 6.25.